The Morgan fingerprint density at radius 3 is 2.58 bits per heavy atom. The van der Waals surface area contributed by atoms with Crippen molar-refractivity contribution in [3.05, 3.63) is 55.1 Å². The Balaban J connectivity index is 1.69. The molecule has 0 radical (unpaired) electrons. The van der Waals surface area contributed by atoms with E-state index in [9.17, 15) is 0 Å². The Labute approximate surface area is 109 Å². The van der Waals surface area contributed by atoms with Gasteiger partial charge in [-0.1, -0.05) is 6.07 Å². The van der Waals surface area contributed by atoms with Crippen molar-refractivity contribution in [2.75, 3.05) is 5.32 Å². The van der Waals surface area contributed by atoms with Crippen LogP contribution in [0.25, 0.3) is 11.5 Å². The number of nitrogens with one attached hydrogen (secondary N) is 1. The third kappa shape index (κ3) is 2.74. The van der Waals surface area contributed by atoms with Crippen LogP contribution in [0.4, 0.5) is 5.69 Å². The zero-order valence-electron chi connectivity index (χ0n) is 10.0. The van der Waals surface area contributed by atoms with Gasteiger partial charge in [-0.3, -0.25) is 4.98 Å². The molecule has 1 N–H and O–H groups in total. The average molecular weight is 253 g/mol. The number of anilines is 1. The van der Waals surface area contributed by atoms with Crippen LogP contribution in [0.5, 0.6) is 0 Å². The molecule has 0 amide bonds. The van der Waals surface area contributed by atoms with Gasteiger partial charge in [-0.2, -0.15) is 0 Å². The minimum Gasteiger partial charge on any atom is -0.447 e. The van der Waals surface area contributed by atoms with Crippen molar-refractivity contribution in [2.24, 2.45) is 0 Å². The SMILES string of the molecule is c1ccc(-c2ncc(NCc3ncco3)cn2)nc1. The van der Waals surface area contributed by atoms with Gasteiger partial charge in [0.25, 0.3) is 0 Å². The summed E-state index contributed by atoms with van der Waals surface area (Å²) in [5.41, 5.74) is 1.56. The van der Waals surface area contributed by atoms with Crippen LogP contribution in [0, 0.1) is 0 Å². The van der Waals surface area contributed by atoms with Crippen LogP contribution >= 0.6 is 0 Å². The summed E-state index contributed by atoms with van der Waals surface area (Å²) in [5.74, 6) is 1.22. The molecule has 3 rings (SSSR count). The fraction of sp³-hybridized carbons (Fsp3) is 0.0769. The van der Waals surface area contributed by atoms with Crippen LogP contribution in [-0.4, -0.2) is 19.9 Å². The lowest BCUT2D eigenvalue weighted by Gasteiger charge is -2.03. The van der Waals surface area contributed by atoms with Gasteiger partial charge in [0.05, 0.1) is 30.8 Å². The highest BCUT2D eigenvalue weighted by molar-refractivity contribution is 5.50. The van der Waals surface area contributed by atoms with Crippen molar-refractivity contribution in [3.8, 4) is 11.5 Å². The van der Waals surface area contributed by atoms with Gasteiger partial charge in [-0.25, -0.2) is 15.0 Å². The topological polar surface area (TPSA) is 76.7 Å². The summed E-state index contributed by atoms with van der Waals surface area (Å²) in [7, 11) is 0. The summed E-state index contributed by atoms with van der Waals surface area (Å²) >= 11 is 0. The van der Waals surface area contributed by atoms with Crippen molar-refractivity contribution in [3.63, 3.8) is 0 Å². The van der Waals surface area contributed by atoms with E-state index in [1.807, 2.05) is 18.2 Å². The summed E-state index contributed by atoms with van der Waals surface area (Å²) in [6.45, 7) is 0.499. The number of rotatable bonds is 4. The molecule has 0 unspecified atom stereocenters. The lowest BCUT2D eigenvalue weighted by molar-refractivity contribution is 0.504. The predicted molar refractivity (Wildman–Crippen MR) is 69.1 cm³/mol. The molecule has 0 atom stereocenters. The maximum absolute atomic E-state index is 5.12. The summed E-state index contributed by atoms with van der Waals surface area (Å²) in [6.07, 6.45) is 8.28. The van der Waals surface area contributed by atoms with Crippen molar-refractivity contribution in [2.45, 2.75) is 6.54 Å². The normalized spacial score (nSPS) is 10.3. The minimum absolute atomic E-state index is 0.499. The van der Waals surface area contributed by atoms with E-state index >= 15 is 0 Å². The number of pyridine rings is 1. The Kier molecular flexibility index (Phi) is 3.14. The average Bonchev–Trinajstić information content (AvgIpc) is 3.00. The van der Waals surface area contributed by atoms with Gasteiger partial charge in [0.15, 0.2) is 5.82 Å². The zero-order chi connectivity index (χ0) is 12.9. The molecule has 0 fully saturated rings. The summed E-state index contributed by atoms with van der Waals surface area (Å²) in [5, 5.41) is 3.12. The first kappa shape index (κ1) is 11.3. The molecule has 3 heterocycles. The third-order valence-electron chi connectivity index (χ3n) is 2.47. The number of nitrogens with zero attached hydrogens (tertiary/aromatic N) is 4. The van der Waals surface area contributed by atoms with E-state index < -0.39 is 0 Å². The van der Waals surface area contributed by atoms with Crippen LogP contribution in [0.1, 0.15) is 5.89 Å². The first-order chi connectivity index (χ1) is 9.42. The fourth-order valence-corrected chi connectivity index (χ4v) is 1.56. The Morgan fingerprint density at radius 1 is 1.00 bits per heavy atom. The predicted octanol–water partition coefficient (Wildman–Crippen LogP) is 2.14. The van der Waals surface area contributed by atoms with Gasteiger partial charge < -0.3 is 9.73 Å². The van der Waals surface area contributed by atoms with E-state index in [2.05, 4.69) is 25.3 Å². The monoisotopic (exact) mass is 253 g/mol. The van der Waals surface area contributed by atoms with Gasteiger partial charge >= 0.3 is 0 Å². The standard InChI is InChI=1S/C13H11N5O/c1-2-4-14-11(3-1)13-17-7-10(8-18-13)16-9-12-15-5-6-19-12/h1-8,16H,9H2. The smallest absolute Gasteiger partial charge is 0.213 e. The van der Waals surface area contributed by atoms with Crippen LogP contribution in [0.2, 0.25) is 0 Å². The van der Waals surface area contributed by atoms with E-state index in [4.69, 9.17) is 4.42 Å². The number of aromatic nitrogens is 4. The van der Waals surface area contributed by atoms with E-state index in [1.54, 1.807) is 24.8 Å². The highest BCUT2D eigenvalue weighted by Crippen LogP contribution is 2.12. The van der Waals surface area contributed by atoms with Crippen molar-refractivity contribution >= 4 is 5.69 Å². The minimum atomic E-state index is 0.499. The molecule has 6 nitrogen and oxygen atoms in total. The molecule has 0 spiro atoms. The van der Waals surface area contributed by atoms with Crippen molar-refractivity contribution in [1.29, 1.82) is 0 Å². The Morgan fingerprint density at radius 2 is 1.89 bits per heavy atom. The van der Waals surface area contributed by atoms with Gasteiger partial charge in [0.2, 0.25) is 5.89 Å². The highest BCUT2D eigenvalue weighted by atomic mass is 16.3. The maximum Gasteiger partial charge on any atom is 0.213 e. The molecule has 6 heteroatoms. The van der Waals surface area contributed by atoms with Gasteiger partial charge in [0, 0.05) is 6.20 Å². The quantitative estimate of drug-likeness (QED) is 0.767. The Hall–Kier alpha value is -2.76. The number of oxazole rings is 1. The number of hydrogen-bond acceptors (Lipinski definition) is 6. The molecule has 19 heavy (non-hydrogen) atoms. The zero-order valence-corrected chi connectivity index (χ0v) is 10.0. The largest absolute Gasteiger partial charge is 0.447 e. The molecule has 0 aliphatic carbocycles. The second-order valence-corrected chi connectivity index (χ2v) is 3.79. The highest BCUT2D eigenvalue weighted by Gasteiger charge is 2.02. The summed E-state index contributed by atoms with van der Waals surface area (Å²) in [4.78, 5) is 16.7. The lowest BCUT2D eigenvalue weighted by Crippen LogP contribution is -2.01. The van der Waals surface area contributed by atoms with E-state index in [1.165, 1.54) is 6.26 Å². The molecular formula is C13H11N5O. The van der Waals surface area contributed by atoms with Crippen LogP contribution < -0.4 is 5.32 Å². The number of hydrogen-bond donors (Lipinski definition) is 1. The van der Waals surface area contributed by atoms with Crippen molar-refractivity contribution in [1.82, 2.24) is 19.9 Å². The van der Waals surface area contributed by atoms with Gasteiger partial charge in [-0.05, 0) is 12.1 Å². The molecule has 0 saturated heterocycles. The lowest BCUT2D eigenvalue weighted by atomic mass is 10.3. The molecule has 0 aromatic carbocycles. The molecule has 94 valence electrons. The van der Waals surface area contributed by atoms with Crippen LogP contribution in [0.3, 0.4) is 0 Å². The summed E-state index contributed by atoms with van der Waals surface area (Å²) in [6, 6.07) is 5.63. The van der Waals surface area contributed by atoms with Crippen LogP contribution in [-0.2, 0) is 6.54 Å². The van der Waals surface area contributed by atoms with Crippen molar-refractivity contribution < 1.29 is 4.42 Å². The van der Waals surface area contributed by atoms with Crippen LogP contribution in [0.15, 0.2) is 53.7 Å². The first-order valence-corrected chi connectivity index (χ1v) is 5.77. The maximum atomic E-state index is 5.12. The van der Waals surface area contributed by atoms with Gasteiger partial charge in [-0.15, -0.1) is 0 Å². The second kappa shape index (κ2) is 5.26. The molecular weight excluding hydrogens is 242 g/mol. The van der Waals surface area contributed by atoms with E-state index in [0.29, 0.717) is 18.3 Å². The molecule has 0 bridgehead atoms. The first-order valence-electron chi connectivity index (χ1n) is 5.77. The molecule has 3 aromatic rings. The molecule has 3 aromatic heterocycles. The van der Waals surface area contributed by atoms with E-state index in [0.717, 1.165) is 11.4 Å². The summed E-state index contributed by atoms with van der Waals surface area (Å²) < 4.78 is 5.12. The fourth-order valence-electron chi connectivity index (χ4n) is 1.56. The third-order valence-corrected chi connectivity index (χ3v) is 2.47. The van der Waals surface area contributed by atoms with Gasteiger partial charge in [0.1, 0.15) is 12.0 Å². The molecule has 0 saturated carbocycles. The second-order valence-electron chi connectivity index (χ2n) is 3.79. The van der Waals surface area contributed by atoms with E-state index in [-0.39, 0.29) is 0 Å². The molecule has 0 aliphatic rings. The Bertz CT molecular complexity index is 622. The molecule has 0 aliphatic heterocycles.